The molecular formula is C26H30ClFN2O4. The number of benzene rings is 2. The van der Waals surface area contributed by atoms with Gasteiger partial charge in [-0.15, -0.1) is 0 Å². The van der Waals surface area contributed by atoms with Gasteiger partial charge in [-0.25, -0.2) is 4.39 Å². The number of carbonyl (C=O) groups excluding carboxylic acids is 2. The lowest BCUT2D eigenvalue weighted by molar-refractivity contribution is -0.143. The summed E-state index contributed by atoms with van der Waals surface area (Å²) in [6.07, 6.45) is 2.09. The van der Waals surface area contributed by atoms with Crippen molar-refractivity contribution in [3.8, 4) is 5.75 Å². The fourth-order valence-electron chi connectivity index (χ4n) is 4.68. The summed E-state index contributed by atoms with van der Waals surface area (Å²) >= 11 is 6.08. The highest BCUT2D eigenvalue weighted by Gasteiger charge is 2.41. The smallest absolute Gasteiger partial charge is 0.227 e. The average molecular weight is 489 g/mol. The molecule has 1 atom stereocenters. The highest BCUT2D eigenvalue weighted by Crippen LogP contribution is 2.36. The molecule has 0 aromatic heterocycles. The molecule has 2 saturated heterocycles. The van der Waals surface area contributed by atoms with Crippen LogP contribution in [0.5, 0.6) is 5.75 Å². The number of hydrogen-bond acceptors (Lipinski definition) is 4. The quantitative estimate of drug-likeness (QED) is 0.592. The molecule has 0 N–H and O–H groups in total. The molecule has 0 bridgehead atoms. The van der Waals surface area contributed by atoms with Crippen LogP contribution in [0.4, 0.5) is 4.39 Å². The maximum absolute atomic E-state index is 13.3. The van der Waals surface area contributed by atoms with Gasteiger partial charge in [0.1, 0.15) is 11.6 Å². The van der Waals surface area contributed by atoms with Gasteiger partial charge in [0.15, 0.2) is 0 Å². The zero-order valence-corrected chi connectivity index (χ0v) is 19.9. The van der Waals surface area contributed by atoms with Crippen LogP contribution in [0.3, 0.4) is 0 Å². The van der Waals surface area contributed by atoms with Gasteiger partial charge in [0.05, 0.1) is 26.2 Å². The lowest BCUT2D eigenvalue weighted by Gasteiger charge is -2.43. The minimum atomic E-state index is -0.522. The van der Waals surface area contributed by atoms with Crippen LogP contribution >= 0.6 is 11.6 Å². The van der Waals surface area contributed by atoms with Gasteiger partial charge in [-0.3, -0.25) is 9.59 Å². The first-order valence-electron chi connectivity index (χ1n) is 11.7. The highest BCUT2D eigenvalue weighted by atomic mass is 35.5. The van der Waals surface area contributed by atoms with E-state index in [0.29, 0.717) is 50.2 Å². The zero-order valence-electron chi connectivity index (χ0n) is 19.2. The maximum Gasteiger partial charge on any atom is 0.227 e. The molecule has 4 rings (SSSR count). The Balaban J connectivity index is 1.48. The Hall–Kier alpha value is -2.64. The molecule has 34 heavy (non-hydrogen) atoms. The van der Waals surface area contributed by atoms with Gasteiger partial charge in [0.2, 0.25) is 11.8 Å². The van der Waals surface area contributed by atoms with E-state index in [2.05, 4.69) is 0 Å². The van der Waals surface area contributed by atoms with Crippen LogP contribution in [0.1, 0.15) is 24.8 Å². The third-order valence-electron chi connectivity index (χ3n) is 6.51. The molecule has 2 amide bonds. The van der Waals surface area contributed by atoms with E-state index in [1.54, 1.807) is 24.3 Å². The molecule has 0 saturated carbocycles. The minimum Gasteiger partial charge on any atom is -0.493 e. The molecule has 2 aromatic rings. The largest absolute Gasteiger partial charge is 0.493 e. The molecule has 8 heteroatoms. The van der Waals surface area contributed by atoms with E-state index in [-0.39, 0.29) is 37.1 Å². The monoisotopic (exact) mass is 488 g/mol. The summed E-state index contributed by atoms with van der Waals surface area (Å²) in [4.78, 5) is 30.0. The Kier molecular flexibility index (Phi) is 8.06. The predicted octanol–water partition coefficient (Wildman–Crippen LogP) is 3.96. The maximum atomic E-state index is 13.3. The first-order valence-corrected chi connectivity index (χ1v) is 12.1. The van der Waals surface area contributed by atoms with Crippen LogP contribution in [0.2, 0.25) is 5.02 Å². The van der Waals surface area contributed by atoms with Gasteiger partial charge in [-0.1, -0.05) is 23.7 Å². The van der Waals surface area contributed by atoms with Crippen LogP contribution in [0.15, 0.2) is 48.5 Å². The number of hydrogen-bond donors (Lipinski definition) is 0. The lowest BCUT2D eigenvalue weighted by atomic mass is 9.77. The van der Waals surface area contributed by atoms with Crippen molar-refractivity contribution in [2.45, 2.75) is 25.7 Å². The standard InChI is InChI=1S/C26H30ClFN2O4/c27-21-4-1-3-20(15-21)16-24(31)30-10-2-9-26(18-30,17-25(32)29-11-13-33-14-12-29)19-34-23-7-5-22(28)6-8-23/h1,3-8,15H,2,9-14,16-19H2/t26-/m1/s1. The summed E-state index contributed by atoms with van der Waals surface area (Å²) in [7, 11) is 0. The van der Waals surface area contributed by atoms with Crippen molar-refractivity contribution in [1.82, 2.24) is 9.80 Å². The number of likely N-dealkylation sites (tertiary alicyclic amines) is 1. The van der Waals surface area contributed by atoms with Gasteiger partial charge in [-0.2, -0.15) is 0 Å². The number of amides is 2. The van der Waals surface area contributed by atoms with Crippen LogP contribution in [-0.2, 0) is 20.7 Å². The first-order chi connectivity index (χ1) is 16.4. The Bertz CT molecular complexity index is 997. The van der Waals surface area contributed by atoms with E-state index in [1.807, 2.05) is 21.9 Å². The number of piperidine rings is 1. The second-order valence-corrected chi connectivity index (χ2v) is 9.57. The Morgan fingerprint density at radius 1 is 1.03 bits per heavy atom. The minimum absolute atomic E-state index is 0.00643. The van der Waals surface area contributed by atoms with Crippen molar-refractivity contribution in [3.05, 3.63) is 64.9 Å². The van der Waals surface area contributed by atoms with Crippen LogP contribution in [-0.4, -0.2) is 67.6 Å². The van der Waals surface area contributed by atoms with Crippen LogP contribution < -0.4 is 4.74 Å². The number of halogens is 2. The molecule has 0 unspecified atom stereocenters. The van der Waals surface area contributed by atoms with Crippen molar-refractivity contribution < 1.29 is 23.5 Å². The molecular weight excluding hydrogens is 459 g/mol. The third-order valence-corrected chi connectivity index (χ3v) is 6.74. The highest BCUT2D eigenvalue weighted by molar-refractivity contribution is 6.30. The number of ether oxygens (including phenoxy) is 2. The van der Waals surface area contributed by atoms with Crippen LogP contribution in [0, 0.1) is 11.2 Å². The lowest BCUT2D eigenvalue weighted by Crippen LogP contribution is -2.52. The van der Waals surface area contributed by atoms with Crippen molar-refractivity contribution in [3.63, 3.8) is 0 Å². The third kappa shape index (κ3) is 6.48. The van der Waals surface area contributed by atoms with Crippen molar-refractivity contribution >= 4 is 23.4 Å². The summed E-state index contributed by atoms with van der Waals surface area (Å²) in [5.74, 6) is 0.268. The Labute approximate surface area is 204 Å². The van der Waals surface area contributed by atoms with E-state index >= 15 is 0 Å². The SMILES string of the molecule is O=C(C[C@]1(COc2ccc(F)cc2)CCCN(C(=O)Cc2cccc(Cl)c2)C1)N1CCOCC1. The number of carbonyl (C=O) groups is 2. The van der Waals surface area contributed by atoms with Gasteiger partial charge >= 0.3 is 0 Å². The van der Waals surface area contributed by atoms with E-state index in [9.17, 15) is 14.0 Å². The van der Waals surface area contributed by atoms with Gasteiger partial charge < -0.3 is 19.3 Å². The molecule has 6 nitrogen and oxygen atoms in total. The van der Waals surface area contributed by atoms with Crippen molar-refractivity contribution in [2.75, 3.05) is 46.0 Å². The number of nitrogens with zero attached hydrogens (tertiary/aromatic N) is 2. The summed E-state index contributed by atoms with van der Waals surface area (Å²) in [5, 5.41) is 0.599. The van der Waals surface area contributed by atoms with E-state index in [1.165, 1.54) is 12.1 Å². The molecule has 2 aromatic carbocycles. The number of rotatable bonds is 7. The molecule has 2 aliphatic heterocycles. The average Bonchev–Trinajstić information content (AvgIpc) is 2.84. The van der Waals surface area contributed by atoms with E-state index in [4.69, 9.17) is 21.1 Å². The molecule has 0 radical (unpaired) electrons. The van der Waals surface area contributed by atoms with Gasteiger partial charge in [0.25, 0.3) is 0 Å². The van der Waals surface area contributed by atoms with E-state index in [0.717, 1.165) is 18.4 Å². The Morgan fingerprint density at radius 3 is 2.53 bits per heavy atom. The molecule has 0 spiro atoms. The van der Waals surface area contributed by atoms with Crippen LogP contribution in [0.25, 0.3) is 0 Å². The normalized spacial score (nSPS) is 20.8. The number of morpholine rings is 1. The Morgan fingerprint density at radius 2 is 1.79 bits per heavy atom. The molecule has 0 aliphatic carbocycles. The summed E-state index contributed by atoms with van der Waals surface area (Å²) in [5.41, 5.74) is 0.340. The fourth-order valence-corrected chi connectivity index (χ4v) is 4.89. The topological polar surface area (TPSA) is 59.1 Å². The summed E-state index contributed by atoms with van der Waals surface area (Å²) < 4.78 is 24.7. The summed E-state index contributed by atoms with van der Waals surface area (Å²) in [6.45, 7) is 3.57. The molecule has 2 fully saturated rings. The van der Waals surface area contributed by atoms with Gasteiger partial charge in [-0.05, 0) is 54.8 Å². The first kappa shape index (κ1) is 24.5. The predicted molar refractivity (Wildman–Crippen MR) is 127 cm³/mol. The molecule has 2 aliphatic rings. The second-order valence-electron chi connectivity index (χ2n) is 9.14. The second kappa shape index (κ2) is 11.2. The fraction of sp³-hybridized carbons (Fsp3) is 0.462. The van der Waals surface area contributed by atoms with E-state index < -0.39 is 5.41 Å². The van der Waals surface area contributed by atoms with Gasteiger partial charge in [0, 0.05) is 43.0 Å². The van der Waals surface area contributed by atoms with Crippen molar-refractivity contribution in [2.24, 2.45) is 5.41 Å². The molecule has 2 heterocycles. The van der Waals surface area contributed by atoms with Crippen molar-refractivity contribution in [1.29, 1.82) is 0 Å². The molecule has 182 valence electrons. The summed E-state index contributed by atoms with van der Waals surface area (Å²) in [6, 6.07) is 13.2. The zero-order chi connectivity index (χ0) is 24.0.